The molecule has 3 N–H and O–H groups in total. The first-order valence-corrected chi connectivity index (χ1v) is 7.40. The van der Waals surface area contributed by atoms with E-state index in [1.807, 2.05) is 0 Å². The van der Waals surface area contributed by atoms with Gasteiger partial charge in [-0.3, -0.25) is 9.52 Å². The highest BCUT2D eigenvalue weighted by Crippen LogP contribution is 2.20. The van der Waals surface area contributed by atoms with Crippen molar-refractivity contribution in [3.63, 3.8) is 0 Å². The molecule has 9 heteroatoms. The highest BCUT2D eigenvalue weighted by atomic mass is 32.2. The Morgan fingerprint density at radius 1 is 1.45 bits per heavy atom. The fourth-order valence-electron chi connectivity index (χ4n) is 1.61. The lowest BCUT2D eigenvalue weighted by Gasteiger charge is -2.07. The number of esters is 1. The monoisotopic (exact) mass is 304 g/mol. The Balaban J connectivity index is 2.72. The van der Waals surface area contributed by atoms with Crippen molar-refractivity contribution in [2.75, 3.05) is 17.6 Å². The molecule has 1 rings (SSSR count). The summed E-state index contributed by atoms with van der Waals surface area (Å²) in [5.41, 5.74) is 0.208. The van der Waals surface area contributed by atoms with Crippen LogP contribution in [0.3, 0.4) is 0 Å². The van der Waals surface area contributed by atoms with E-state index >= 15 is 0 Å². The van der Waals surface area contributed by atoms with Gasteiger partial charge in [-0.25, -0.2) is 13.2 Å². The molecular formula is C11H16N2O6S. The molecule has 1 aromatic heterocycles. The normalized spacial score (nSPS) is 11.1. The van der Waals surface area contributed by atoms with Crippen molar-refractivity contribution in [2.24, 2.45) is 0 Å². The maximum Gasteiger partial charge on any atom is 0.339 e. The molecule has 0 bridgehead atoms. The molecule has 0 aromatic carbocycles. The minimum atomic E-state index is -3.72. The second kappa shape index (κ2) is 6.42. The summed E-state index contributed by atoms with van der Waals surface area (Å²) in [6.07, 6.45) is 1.35. The number of carbonyl (C=O) groups is 2. The number of anilines is 1. The third-order valence-corrected chi connectivity index (χ3v) is 3.94. The van der Waals surface area contributed by atoms with E-state index in [2.05, 4.69) is 14.4 Å². The van der Waals surface area contributed by atoms with Crippen molar-refractivity contribution in [1.82, 2.24) is 4.98 Å². The lowest BCUT2D eigenvalue weighted by molar-refractivity contribution is -0.140. The van der Waals surface area contributed by atoms with Crippen LogP contribution in [0.1, 0.15) is 28.9 Å². The number of nitrogens with one attached hydrogen (secondary N) is 2. The summed E-state index contributed by atoms with van der Waals surface area (Å²) in [7, 11) is -2.50. The third-order valence-electron chi connectivity index (χ3n) is 2.58. The zero-order chi connectivity index (χ0) is 15.3. The van der Waals surface area contributed by atoms with Crippen molar-refractivity contribution in [3.05, 3.63) is 17.5 Å². The first-order chi connectivity index (χ1) is 9.26. The lowest BCUT2D eigenvalue weighted by atomic mass is 10.2. The standard InChI is InChI=1S/C11H16N2O6S/c1-7-10(11(15)16)8(6-12-7)13-20(17,18)5-3-4-9(14)19-2/h6,12-13H,3-5H2,1-2H3,(H,15,16). The maximum absolute atomic E-state index is 11.8. The summed E-state index contributed by atoms with van der Waals surface area (Å²) >= 11 is 0. The number of ether oxygens (including phenoxy) is 1. The molecular weight excluding hydrogens is 288 g/mol. The zero-order valence-corrected chi connectivity index (χ0v) is 11.9. The average molecular weight is 304 g/mol. The number of aromatic amines is 1. The number of aromatic carboxylic acids is 1. The van der Waals surface area contributed by atoms with E-state index < -0.39 is 22.0 Å². The molecule has 1 heterocycles. The maximum atomic E-state index is 11.8. The van der Waals surface area contributed by atoms with E-state index in [0.29, 0.717) is 5.69 Å². The van der Waals surface area contributed by atoms with Gasteiger partial charge in [-0.15, -0.1) is 0 Å². The van der Waals surface area contributed by atoms with Crippen molar-refractivity contribution in [2.45, 2.75) is 19.8 Å². The van der Waals surface area contributed by atoms with Crippen LogP contribution in [0.15, 0.2) is 6.20 Å². The number of carboxylic acid groups (broad SMARTS) is 1. The van der Waals surface area contributed by atoms with E-state index in [0.717, 1.165) is 0 Å². The number of methoxy groups -OCH3 is 1. The topological polar surface area (TPSA) is 126 Å². The predicted octanol–water partition coefficient (Wildman–Crippen LogP) is 0.716. The molecule has 112 valence electrons. The van der Waals surface area contributed by atoms with Gasteiger partial charge in [0.15, 0.2) is 0 Å². The van der Waals surface area contributed by atoms with Gasteiger partial charge in [-0.2, -0.15) is 0 Å². The van der Waals surface area contributed by atoms with E-state index in [4.69, 9.17) is 5.11 Å². The number of carbonyl (C=O) groups excluding carboxylic acids is 1. The minimum Gasteiger partial charge on any atom is -0.478 e. The van der Waals surface area contributed by atoms with Gasteiger partial charge in [0.25, 0.3) is 0 Å². The summed E-state index contributed by atoms with van der Waals surface area (Å²) in [5, 5.41) is 9.00. The number of hydrogen-bond acceptors (Lipinski definition) is 5. The quantitative estimate of drug-likeness (QED) is 0.637. The molecule has 0 radical (unpaired) electrons. The van der Waals surface area contributed by atoms with Gasteiger partial charge in [-0.1, -0.05) is 0 Å². The second-order valence-electron chi connectivity index (χ2n) is 4.11. The van der Waals surface area contributed by atoms with Crippen molar-refractivity contribution < 1.29 is 27.9 Å². The van der Waals surface area contributed by atoms with Crippen LogP contribution in [-0.4, -0.2) is 43.3 Å². The van der Waals surface area contributed by atoms with Crippen LogP contribution < -0.4 is 4.72 Å². The number of H-pyrrole nitrogens is 1. The Hall–Kier alpha value is -2.03. The summed E-state index contributed by atoms with van der Waals surface area (Å²) in [4.78, 5) is 24.5. The fraction of sp³-hybridized carbons (Fsp3) is 0.455. The number of aromatic nitrogens is 1. The van der Waals surface area contributed by atoms with E-state index in [-0.39, 0.29) is 29.8 Å². The average Bonchev–Trinajstić information content (AvgIpc) is 2.69. The van der Waals surface area contributed by atoms with Crippen LogP contribution in [0.2, 0.25) is 0 Å². The SMILES string of the molecule is COC(=O)CCCS(=O)(=O)Nc1c[nH]c(C)c1C(=O)O. The molecule has 1 aromatic rings. The lowest BCUT2D eigenvalue weighted by Crippen LogP contribution is -2.19. The van der Waals surface area contributed by atoms with E-state index in [1.165, 1.54) is 20.2 Å². The van der Waals surface area contributed by atoms with Crippen LogP contribution >= 0.6 is 0 Å². The Bertz CT molecular complexity index is 604. The van der Waals surface area contributed by atoms with Crippen LogP contribution in [0.25, 0.3) is 0 Å². The molecule has 0 spiro atoms. The Labute approximate surface area is 116 Å². The van der Waals surface area contributed by atoms with Gasteiger partial charge >= 0.3 is 11.9 Å². The molecule has 0 saturated heterocycles. The molecule has 0 unspecified atom stereocenters. The Morgan fingerprint density at radius 2 is 2.10 bits per heavy atom. The second-order valence-corrected chi connectivity index (χ2v) is 5.95. The molecule has 0 fully saturated rings. The number of carboxylic acids is 1. The third kappa shape index (κ3) is 4.26. The summed E-state index contributed by atoms with van der Waals surface area (Å²) in [6, 6.07) is 0. The van der Waals surface area contributed by atoms with Gasteiger partial charge in [0.2, 0.25) is 10.0 Å². The Kier molecular flexibility index (Phi) is 5.14. The fourth-order valence-corrected chi connectivity index (χ4v) is 2.73. The summed E-state index contributed by atoms with van der Waals surface area (Å²) in [5.74, 6) is -2.02. The number of aryl methyl sites for hydroxylation is 1. The van der Waals surface area contributed by atoms with Gasteiger partial charge in [-0.05, 0) is 13.3 Å². The molecule has 8 nitrogen and oxygen atoms in total. The van der Waals surface area contributed by atoms with Crippen molar-refractivity contribution >= 4 is 27.6 Å². The van der Waals surface area contributed by atoms with Crippen LogP contribution in [0, 0.1) is 6.92 Å². The highest BCUT2D eigenvalue weighted by Gasteiger charge is 2.20. The molecule has 0 atom stereocenters. The van der Waals surface area contributed by atoms with Crippen LogP contribution in [0.5, 0.6) is 0 Å². The molecule has 20 heavy (non-hydrogen) atoms. The molecule has 0 amide bonds. The molecule has 0 aliphatic carbocycles. The van der Waals surface area contributed by atoms with Gasteiger partial charge in [0, 0.05) is 18.3 Å². The molecule has 0 aliphatic heterocycles. The van der Waals surface area contributed by atoms with E-state index in [9.17, 15) is 18.0 Å². The summed E-state index contributed by atoms with van der Waals surface area (Å²) < 4.78 is 30.2. The largest absolute Gasteiger partial charge is 0.478 e. The predicted molar refractivity (Wildman–Crippen MR) is 71.1 cm³/mol. The number of hydrogen-bond donors (Lipinski definition) is 3. The van der Waals surface area contributed by atoms with Gasteiger partial charge in [0.05, 0.1) is 18.6 Å². The minimum absolute atomic E-state index is 0.0185. The first kappa shape index (κ1) is 16.0. The molecule has 0 aliphatic rings. The number of sulfonamides is 1. The Morgan fingerprint density at radius 3 is 2.65 bits per heavy atom. The van der Waals surface area contributed by atoms with Gasteiger partial charge in [0.1, 0.15) is 5.56 Å². The highest BCUT2D eigenvalue weighted by molar-refractivity contribution is 7.92. The van der Waals surface area contributed by atoms with Crippen molar-refractivity contribution in [3.8, 4) is 0 Å². The first-order valence-electron chi connectivity index (χ1n) is 5.75. The smallest absolute Gasteiger partial charge is 0.339 e. The van der Waals surface area contributed by atoms with Crippen LogP contribution in [-0.2, 0) is 19.6 Å². The molecule has 0 saturated carbocycles. The van der Waals surface area contributed by atoms with Gasteiger partial charge < -0.3 is 14.8 Å². The van der Waals surface area contributed by atoms with Crippen LogP contribution in [0.4, 0.5) is 5.69 Å². The summed E-state index contributed by atoms with van der Waals surface area (Å²) in [6.45, 7) is 1.53. The number of rotatable bonds is 7. The van der Waals surface area contributed by atoms with Crippen molar-refractivity contribution in [1.29, 1.82) is 0 Å². The van der Waals surface area contributed by atoms with E-state index in [1.54, 1.807) is 0 Å². The zero-order valence-electron chi connectivity index (χ0n) is 11.1.